The molecule has 0 aromatic heterocycles. The topological polar surface area (TPSA) is 76.2 Å². The largest absolute Gasteiger partial charge is 0.278 e. The van der Waals surface area contributed by atoms with Gasteiger partial charge in [0.1, 0.15) is 11.4 Å². The predicted molar refractivity (Wildman–Crippen MR) is 57.5 cm³/mol. The van der Waals surface area contributed by atoms with Crippen LogP contribution in [0.4, 0.5) is 11.4 Å². The lowest BCUT2D eigenvalue weighted by molar-refractivity contribution is -0.139. The number of fused-ring (bicyclic) bond motifs is 1. The van der Waals surface area contributed by atoms with Crippen LogP contribution in [-0.4, -0.2) is 16.7 Å². The van der Waals surface area contributed by atoms with Crippen LogP contribution in [0.25, 0.3) is 0 Å². The summed E-state index contributed by atoms with van der Waals surface area (Å²) in [4.78, 5) is 24.2. The molecular weight excluding hydrogens is 220 g/mol. The summed E-state index contributed by atoms with van der Waals surface area (Å²) in [5.74, 6) is -0.219. The van der Waals surface area contributed by atoms with Crippen LogP contribution in [0, 0.1) is 0 Å². The lowest BCUT2D eigenvalue weighted by Crippen LogP contribution is -2.28. The van der Waals surface area contributed by atoms with Gasteiger partial charge in [-0.05, 0) is 22.9 Å². The zero-order valence-corrected chi connectivity index (χ0v) is 8.96. The quantitative estimate of drug-likeness (QED) is 0.722. The monoisotopic (exact) mass is 229 g/mol. The van der Waals surface area contributed by atoms with Crippen LogP contribution >= 0.6 is 0 Å². The van der Waals surface area contributed by atoms with Crippen molar-refractivity contribution in [3.05, 3.63) is 23.8 Å². The Morgan fingerprint density at radius 3 is 2.65 bits per heavy atom. The maximum Gasteiger partial charge on any atom is 0.229 e. The summed E-state index contributed by atoms with van der Waals surface area (Å²) in [6.07, 6.45) is 0.637. The van der Waals surface area contributed by atoms with Gasteiger partial charge in [-0.2, -0.15) is 0 Å². The molecule has 85 valence electrons. The Kier molecular flexibility index (Phi) is 2.14. The van der Waals surface area contributed by atoms with Gasteiger partial charge in [-0.25, -0.2) is 0 Å². The number of carbonyl (C=O) groups is 2. The fraction of sp³-hybridized carbons (Fsp3) is 0.273. The average molecular weight is 229 g/mol. The molecular formula is C11H9N4O2. The highest BCUT2D eigenvalue weighted by Crippen LogP contribution is 2.31. The smallest absolute Gasteiger partial charge is 0.229 e. The van der Waals surface area contributed by atoms with E-state index in [9.17, 15) is 9.59 Å². The van der Waals surface area contributed by atoms with E-state index in [4.69, 9.17) is 0 Å². The summed E-state index contributed by atoms with van der Waals surface area (Å²) >= 11 is 0. The standard InChI is InChI=1S/C11H9N4O2/c16-10-3-4-11(17)15(10)6-7-1-2-8-9(5-7)13-14-12-8/h1-2,5H,3-4,6H2. The Bertz CT molecular complexity index is 522. The molecule has 0 bridgehead atoms. The number of hydrogen-bond donors (Lipinski definition) is 0. The second kappa shape index (κ2) is 3.65. The highest BCUT2D eigenvalue weighted by atomic mass is 16.2. The van der Waals surface area contributed by atoms with Gasteiger partial charge in [-0.3, -0.25) is 14.5 Å². The molecule has 1 aromatic rings. The Balaban J connectivity index is 1.83. The summed E-state index contributed by atoms with van der Waals surface area (Å²) in [6, 6.07) is 5.42. The molecule has 0 unspecified atom stereocenters. The van der Waals surface area contributed by atoms with E-state index in [1.165, 1.54) is 4.90 Å². The van der Waals surface area contributed by atoms with Gasteiger partial charge >= 0.3 is 0 Å². The molecule has 0 N–H and O–H groups in total. The third-order valence-corrected chi connectivity index (χ3v) is 2.84. The number of imide groups is 1. The van der Waals surface area contributed by atoms with Crippen molar-refractivity contribution in [3.8, 4) is 0 Å². The average Bonchev–Trinajstić information content (AvgIpc) is 2.90. The van der Waals surface area contributed by atoms with Gasteiger partial charge < -0.3 is 0 Å². The maximum atomic E-state index is 11.5. The third kappa shape index (κ3) is 1.67. The summed E-state index contributed by atoms with van der Waals surface area (Å²) in [5, 5.41) is 7.40. The molecule has 1 fully saturated rings. The van der Waals surface area contributed by atoms with Crippen LogP contribution < -0.4 is 5.43 Å². The van der Waals surface area contributed by atoms with Crippen molar-refractivity contribution in [1.29, 1.82) is 0 Å². The molecule has 2 aliphatic rings. The van der Waals surface area contributed by atoms with Gasteiger partial charge in [0, 0.05) is 12.8 Å². The number of amides is 2. The van der Waals surface area contributed by atoms with Crippen LogP contribution in [-0.2, 0) is 16.1 Å². The van der Waals surface area contributed by atoms with Gasteiger partial charge in [0.2, 0.25) is 11.8 Å². The van der Waals surface area contributed by atoms with Crippen molar-refractivity contribution < 1.29 is 9.59 Å². The van der Waals surface area contributed by atoms with Gasteiger partial charge in [-0.15, -0.1) is 10.5 Å². The normalized spacial score (nSPS) is 17.5. The Morgan fingerprint density at radius 1 is 1.12 bits per heavy atom. The number of rotatable bonds is 2. The zero-order chi connectivity index (χ0) is 11.8. The van der Waals surface area contributed by atoms with Gasteiger partial charge in [0.25, 0.3) is 0 Å². The molecule has 2 amide bonds. The fourth-order valence-electron chi connectivity index (χ4n) is 1.93. The molecule has 17 heavy (non-hydrogen) atoms. The van der Waals surface area contributed by atoms with Crippen LogP contribution in [0.5, 0.6) is 0 Å². The molecule has 1 radical (unpaired) electrons. The van der Waals surface area contributed by atoms with E-state index in [-0.39, 0.29) is 11.8 Å². The molecule has 0 spiro atoms. The lowest BCUT2D eigenvalue weighted by Gasteiger charge is -2.13. The van der Waals surface area contributed by atoms with Crippen LogP contribution in [0.1, 0.15) is 18.4 Å². The molecule has 6 nitrogen and oxygen atoms in total. The van der Waals surface area contributed by atoms with E-state index in [1.807, 2.05) is 6.07 Å². The third-order valence-electron chi connectivity index (χ3n) is 2.84. The minimum absolute atomic E-state index is 0.109. The number of likely N-dealkylation sites (tertiary alicyclic amines) is 1. The molecule has 0 atom stereocenters. The van der Waals surface area contributed by atoms with Crippen molar-refractivity contribution in [1.82, 2.24) is 10.3 Å². The maximum absolute atomic E-state index is 11.5. The number of hydrogen-bond acceptors (Lipinski definition) is 4. The SMILES string of the molecule is O=C1CCC(=O)N1Cc1ccc2c(c1)N=N[N]2. The summed E-state index contributed by atoms with van der Waals surface area (Å²) in [5.41, 5.74) is 6.07. The second-order valence-corrected chi connectivity index (χ2v) is 3.99. The van der Waals surface area contributed by atoms with Gasteiger partial charge in [0.15, 0.2) is 0 Å². The van der Waals surface area contributed by atoms with Crippen LogP contribution in [0.15, 0.2) is 28.5 Å². The van der Waals surface area contributed by atoms with E-state index in [2.05, 4.69) is 15.8 Å². The van der Waals surface area contributed by atoms with E-state index >= 15 is 0 Å². The van der Waals surface area contributed by atoms with E-state index in [0.29, 0.717) is 30.8 Å². The highest BCUT2D eigenvalue weighted by Gasteiger charge is 2.28. The molecule has 6 heteroatoms. The highest BCUT2D eigenvalue weighted by molar-refractivity contribution is 6.01. The van der Waals surface area contributed by atoms with Crippen LogP contribution in [0.3, 0.4) is 0 Å². The van der Waals surface area contributed by atoms with Crippen molar-refractivity contribution in [3.63, 3.8) is 0 Å². The number of nitrogens with zero attached hydrogens (tertiary/aromatic N) is 4. The zero-order valence-electron chi connectivity index (χ0n) is 8.96. The Morgan fingerprint density at radius 2 is 1.88 bits per heavy atom. The van der Waals surface area contributed by atoms with Crippen molar-refractivity contribution in [2.75, 3.05) is 0 Å². The summed E-state index contributed by atoms with van der Waals surface area (Å²) in [6.45, 7) is 0.306. The Hall–Kier alpha value is -2.24. The number of benzene rings is 1. The van der Waals surface area contributed by atoms with Crippen LogP contribution in [0.2, 0.25) is 0 Å². The van der Waals surface area contributed by atoms with Crippen molar-refractivity contribution in [2.45, 2.75) is 19.4 Å². The molecule has 2 heterocycles. The minimum Gasteiger partial charge on any atom is -0.278 e. The molecule has 2 aliphatic heterocycles. The van der Waals surface area contributed by atoms with E-state index < -0.39 is 0 Å². The van der Waals surface area contributed by atoms with Crippen molar-refractivity contribution >= 4 is 23.2 Å². The first-order valence-electron chi connectivity index (χ1n) is 5.32. The first-order chi connectivity index (χ1) is 8.24. The Labute approximate surface area is 97.3 Å². The molecule has 0 saturated carbocycles. The van der Waals surface area contributed by atoms with Gasteiger partial charge in [0.05, 0.1) is 6.54 Å². The van der Waals surface area contributed by atoms with E-state index in [0.717, 1.165) is 5.56 Å². The molecule has 1 saturated heterocycles. The lowest BCUT2D eigenvalue weighted by atomic mass is 10.1. The fourth-order valence-corrected chi connectivity index (χ4v) is 1.93. The van der Waals surface area contributed by atoms with Gasteiger partial charge in [-0.1, -0.05) is 6.07 Å². The molecule has 0 aliphatic carbocycles. The van der Waals surface area contributed by atoms with Crippen molar-refractivity contribution in [2.24, 2.45) is 10.3 Å². The number of carbonyl (C=O) groups excluding carboxylic acids is 2. The molecule has 3 rings (SSSR count). The second-order valence-electron chi connectivity index (χ2n) is 3.99. The molecule has 1 aromatic carbocycles. The first kappa shape index (κ1) is 9.95. The van der Waals surface area contributed by atoms with E-state index in [1.54, 1.807) is 12.1 Å². The minimum atomic E-state index is -0.109. The first-order valence-corrected chi connectivity index (χ1v) is 5.32. The summed E-state index contributed by atoms with van der Waals surface area (Å²) < 4.78 is 0. The summed E-state index contributed by atoms with van der Waals surface area (Å²) in [7, 11) is 0. The predicted octanol–water partition coefficient (Wildman–Crippen LogP) is 1.58.